The van der Waals surface area contributed by atoms with Crippen molar-refractivity contribution in [2.75, 3.05) is 13.1 Å². The number of hydrogen-bond donors (Lipinski definition) is 1. The van der Waals surface area contributed by atoms with Crippen LogP contribution in [0.1, 0.15) is 31.2 Å². The molecular weight excluding hydrogens is 244 g/mol. The van der Waals surface area contributed by atoms with Crippen molar-refractivity contribution in [1.29, 1.82) is 0 Å². The van der Waals surface area contributed by atoms with Gasteiger partial charge in [0.25, 0.3) is 0 Å². The van der Waals surface area contributed by atoms with Gasteiger partial charge in [-0.15, -0.1) is 0 Å². The van der Waals surface area contributed by atoms with Gasteiger partial charge in [-0.3, -0.25) is 14.6 Å². The third kappa shape index (κ3) is 3.10. The predicted octanol–water partition coefficient (Wildman–Crippen LogP) is 1.51. The van der Waals surface area contributed by atoms with Crippen LogP contribution in [0.15, 0.2) is 24.5 Å². The standard InChI is InChI=1S/C14H18N2O3/c1-10(14(18)19)13(17)16-8-4-12(5-9-16)11-2-6-15-7-3-11/h2-3,6-7,10,12H,4-5,8-9H2,1H3,(H,18,19)/t10-/m0/s1. The van der Waals surface area contributed by atoms with Crippen LogP contribution in [0.25, 0.3) is 0 Å². The number of carboxylic acids is 1. The molecule has 0 spiro atoms. The highest BCUT2D eigenvalue weighted by atomic mass is 16.4. The molecule has 2 heterocycles. The second-order valence-corrected chi connectivity index (χ2v) is 4.94. The molecule has 1 aliphatic rings. The zero-order valence-corrected chi connectivity index (χ0v) is 11.0. The van der Waals surface area contributed by atoms with Gasteiger partial charge in [0.15, 0.2) is 0 Å². The van der Waals surface area contributed by atoms with Crippen LogP contribution < -0.4 is 0 Å². The SMILES string of the molecule is C[C@H](C(=O)O)C(=O)N1CCC(c2ccncc2)CC1. The number of carbonyl (C=O) groups is 2. The Bertz CT molecular complexity index is 453. The molecule has 1 atom stereocenters. The lowest BCUT2D eigenvalue weighted by atomic mass is 9.89. The minimum absolute atomic E-state index is 0.277. The van der Waals surface area contributed by atoms with Gasteiger partial charge in [-0.25, -0.2) is 0 Å². The molecule has 0 bridgehead atoms. The molecule has 1 aromatic rings. The molecule has 1 aromatic heterocycles. The second kappa shape index (κ2) is 5.82. The molecule has 1 N–H and O–H groups in total. The second-order valence-electron chi connectivity index (χ2n) is 4.94. The maximum atomic E-state index is 11.9. The lowest BCUT2D eigenvalue weighted by molar-refractivity contribution is -0.150. The van der Waals surface area contributed by atoms with Gasteiger partial charge in [0.05, 0.1) is 0 Å². The fourth-order valence-corrected chi connectivity index (χ4v) is 2.45. The summed E-state index contributed by atoms with van der Waals surface area (Å²) >= 11 is 0. The number of carboxylic acid groups (broad SMARTS) is 1. The van der Waals surface area contributed by atoms with Crippen LogP contribution in [0.5, 0.6) is 0 Å². The van der Waals surface area contributed by atoms with Crippen LogP contribution in [0.4, 0.5) is 0 Å². The summed E-state index contributed by atoms with van der Waals surface area (Å²) in [5, 5.41) is 8.86. The maximum absolute atomic E-state index is 11.9. The average molecular weight is 262 g/mol. The molecule has 5 heteroatoms. The number of rotatable bonds is 3. The minimum atomic E-state index is -1.05. The molecule has 19 heavy (non-hydrogen) atoms. The Balaban J connectivity index is 1.93. The van der Waals surface area contributed by atoms with E-state index in [-0.39, 0.29) is 5.91 Å². The lowest BCUT2D eigenvalue weighted by Gasteiger charge is -2.33. The third-order valence-electron chi connectivity index (χ3n) is 3.72. The summed E-state index contributed by atoms with van der Waals surface area (Å²) in [4.78, 5) is 28.4. The topological polar surface area (TPSA) is 70.5 Å². The molecule has 0 aromatic carbocycles. The van der Waals surface area contributed by atoms with E-state index in [1.807, 2.05) is 12.1 Å². The van der Waals surface area contributed by atoms with Crippen molar-refractivity contribution in [1.82, 2.24) is 9.88 Å². The van der Waals surface area contributed by atoms with Gasteiger partial charge in [-0.2, -0.15) is 0 Å². The molecular formula is C14H18N2O3. The van der Waals surface area contributed by atoms with Crippen LogP contribution in [0.3, 0.4) is 0 Å². The number of nitrogens with zero attached hydrogens (tertiary/aromatic N) is 2. The van der Waals surface area contributed by atoms with E-state index in [2.05, 4.69) is 4.98 Å². The number of aromatic nitrogens is 1. The van der Waals surface area contributed by atoms with Crippen molar-refractivity contribution >= 4 is 11.9 Å². The molecule has 0 radical (unpaired) electrons. The summed E-state index contributed by atoms with van der Waals surface area (Å²) in [5.41, 5.74) is 1.24. The zero-order chi connectivity index (χ0) is 13.8. The summed E-state index contributed by atoms with van der Waals surface area (Å²) in [5.74, 6) is -1.84. The predicted molar refractivity (Wildman–Crippen MR) is 69.6 cm³/mol. The zero-order valence-electron chi connectivity index (χ0n) is 11.0. The quantitative estimate of drug-likeness (QED) is 0.838. The fraction of sp³-hybridized carbons (Fsp3) is 0.500. The summed E-state index contributed by atoms with van der Waals surface area (Å²) < 4.78 is 0. The smallest absolute Gasteiger partial charge is 0.315 e. The number of amides is 1. The van der Waals surface area contributed by atoms with Crippen molar-refractivity contribution < 1.29 is 14.7 Å². The normalized spacial score (nSPS) is 18.1. The summed E-state index contributed by atoms with van der Waals surface area (Å²) in [6.07, 6.45) is 5.31. The maximum Gasteiger partial charge on any atom is 0.315 e. The van der Waals surface area contributed by atoms with Crippen molar-refractivity contribution in [3.63, 3.8) is 0 Å². The van der Waals surface area contributed by atoms with E-state index in [0.717, 1.165) is 12.8 Å². The Labute approximate surface area is 112 Å². The van der Waals surface area contributed by atoms with Crippen molar-refractivity contribution in [3.8, 4) is 0 Å². The highest BCUT2D eigenvalue weighted by Gasteiger charge is 2.29. The number of piperidine rings is 1. The van der Waals surface area contributed by atoms with Crippen LogP contribution in [-0.4, -0.2) is 40.0 Å². The van der Waals surface area contributed by atoms with Gasteiger partial charge in [-0.1, -0.05) is 0 Å². The lowest BCUT2D eigenvalue weighted by Crippen LogP contribution is -2.42. The number of aliphatic carboxylic acids is 1. The molecule has 2 rings (SSSR count). The Hall–Kier alpha value is -1.91. The van der Waals surface area contributed by atoms with Crippen LogP contribution >= 0.6 is 0 Å². The summed E-state index contributed by atoms with van der Waals surface area (Å²) in [7, 11) is 0. The van der Waals surface area contributed by atoms with Crippen LogP contribution in [0.2, 0.25) is 0 Å². The highest BCUT2D eigenvalue weighted by Crippen LogP contribution is 2.28. The average Bonchev–Trinajstić information content (AvgIpc) is 2.46. The van der Waals surface area contributed by atoms with Gasteiger partial charge >= 0.3 is 5.97 Å². The van der Waals surface area contributed by atoms with Crippen LogP contribution in [-0.2, 0) is 9.59 Å². The fourth-order valence-electron chi connectivity index (χ4n) is 2.45. The Morgan fingerprint density at radius 3 is 2.42 bits per heavy atom. The van der Waals surface area contributed by atoms with Crippen LogP contribution in [0, 0.1) is 5.92 Å². The van der Waals surface area contributed by atoms with E-state index in [1.54, 1.807) is 17.3 Å². The molecule has 0 unspecified atom stereocenters. The largest absolute Gasteiger partial charge is 0.481 e. The summed E-state index contributed by atoms with van der Waals surface area (Å²) in [6.45, 7) is 2.70. The molecule has 102 valence electrons. The molecule has 0 aliphatic carbocycles. The first kappa shape index (κ1) is 13.5. The molecule has 1 saturated heterocycles. The Morgan fingerprint density at radius 2 is 1.89 bits per heavy atom. The Morgan fingerprint density at radius 1 is 1.32 bits per heavy atom. The number of carbonyl (C=O) groups excluding carboxylic acids is 1. The first-order valence-electron chi connectivity index (χ1n) is 6.51. The van der Waals surface area contributed by atoms with Gasteiger partial charge < -0.3 is 10.0 Å². The van der Waals surface area contributed by atoms with E-state index < -0.39 is 11.9 Å². The first-order chi connectivity index (χ1) is 9.09. The minimum Gasteiger partial charge on any atom is -0.481 e. The summed E-state index contributed by atoms with van der Waals surface area (Å²) in [6, 6.07) is 4.00. The van der Waals surface area contributed by atoms with Gasteiger partial charge in [0, 0.05) is 25.5 Å². The van der Waals surface area contributed by atoms with Crippen molar-refractivity contribution in [3.05, 3.63) is 30.1 Å². The van der Waals surface area contributed by atoms with E-state index in [4.69, 9.17) is 5.11 Å². The molecule has 1 fully saturated rings. The number of hydrogen-bond acceptors (Lipinski definition) is 3. The van der Waals surface area contributed by atoms with Gasteiger partial charge in [-0.05, 0) is 43.4 Å². The number of likely N-dealkylation sites (tertiary alicyclic amines) is 1. The number of pyridine rings is 1. The molecule has 1 aliphatic heterocycles. The van der Waals surface area contributed by atoms with E-state index in [1.165, 1.54) is 12.5 Å². The van der Waals surface area contributed by atoms with Crippen molar-refractivity contribution in [2.45, 2.75) is 25.7 Å². The monoisotopic (exact) mass is 262 g/mol. The Kier molecular flexibility index (Phi) is 4.14. The van der Waals surface area contributed by atoms with E-state index >= 15 is 0 Å². The van der Waals surface area contributed by atoms with E-state index in [9.17, 15) is 9.59 Å². The van der Waals surface area contributed by atoms with Crippen molar-refractivity contribution in [2.24, 2.45) is 5.92 Å². The van der Waals surface area contributed by atoms with Gasteiger partial charge in [0.1, 0.15) is 5.92 Å². The highest BCUT2D eigenvalue weighted by molar-refractivity contribution is 5.96. The molecule has 1 amide bonds. The molecule has 0 saturated carbocycles. The molecule has 5 nitrogen and oxygen atoms in total. The van der Waals surface area contributed by atoms with E-state index in [0.29, 0.717) is 19.0 Å². The third-order valence-corrected chi connectivity index (χ3v) is 3.72. The van der Waals surface area contributed by atoms with Gasteiger partial charge in [0.2, 0.25) is 5.91 Å². The first-order valence-corrected chi connectivity index (χ1v) is 6.51.